The highest BCUT2D eigenvalue weighted by atomic mass is 16.5. The lowest BCUT2D eigenvalue weighted by Crippen LogP contribution is -2.08. The summed E-state index contributed by atoms with van der Waals surface area (Å²) in [7, 11) is 0. The van der Waals surface area contributed by atoms with Crippen LogP contribution in [0.5, 0.6) is 5.75 Å². The van der Waals surface area contributed by atoms with Gasteiger partial charge in [0.1, 0.15) is 12.4 Å². The third kappa shape index (κ3) is 4.42. The van der Waals surface area contributed by atoms with Gasteiger partial charge in [-0.3, -0.25) is 0 Å². The number of ether oxygens (including phenoxy) is 1. The first-order chi connectivity index (χ1) is 9.28. The minimum atomic E-state index is -0.254. The minimum Gasteiger partial charge on any atom is -0.489 e. The van der Waals surface area contributed by atoms with Gasteiger partial charge in [0, 0.05) is 0 Å². The van der Waals surface area contributed by atoms with Crippen LogP contribution in [-0.4, -0.2) is 11.2 Å². The predicted octanol–water partition coefficient (Wildman–Crippen LogP) is 3.58. The van der Waals surface area contributed by atoms with E-state index < -0.39 is 0 Å². The second kappa shape index (κ2) is 6.95. The summed E-state index contributed by atoms with van der Waals surface area (Å²) in [6, 6.07) is 18.1. The molecule has 19 heavy (non-hydrogen) atoms. The molecule has 0 aromatic heterocycles. The average molecular weight is 256 g/mol. The molecular formula is C17H20O2. The van der Waals surface area contributed by atoms with E-state index in [0.717, 1.165) is 23.3 Å². The van der Waals surface area contributed by atoms with Crippen molar-refractivity contribution in [1.29, 1.82) is 0 Å². The SMILES string of the molecule is CCC(O)Cc1ccc(OCc2ccccc2)cc1. The van der Waals surface area contributed by atoms with Crippen LogP contribution in [0.3, 0.4) is 0 Å². The summed E-state index contributed by atoms with van der Waals surface area (Å²) in [4.78, 5) is 0. The lowest BCUT2D eigenvalue weighted by Gasteiger charge is -2.09. The normalized spacial score (nSPS) is 12.1. The summed E-state index contributed by atoms with van der Waals surface area (Å²) >= 11 is 0. The van der Waals surface area contributed by atoms with E-state index in [1.807, 2.05) is 61.5 Å². The number of rotatable bonds is 6. The number of aliphatic hydroxyl groups excluding tert-OH is 1. The van der Waals surface area contributed by atoms with E-state index in [1.165, 1.54) is 0 Å². The van der Waals surface area contributed by atoms with Crippen LogP contribution in [0.4, 0.5) is 0 Å². The molecule has 0 saturated carbocycles. The predicted molar refractivity (Wildman–Crippen MR) is 77.2 cm³/mol. The summed E-state index contributed by atoms with van der Waals surface area (Å²) in [5.74, 6) is 0.860. The largest absolute Gasteiger partial charge is 0.489 e. The van der Waals surface area contributed by atoms with Crippen molar-refractivity contribution in [3.8, 4) is 5.75 Å². The van der Waals surface area contributed by atoms with Crippen molar-refractivity contribution in [2.24, 2.45) is 0 Å². The van der Waals surface area contributed by atoms with E-state index >= 15 is 0 Å². The van der Waals surface area contributed by atoms with Crippen molar-refractivity contribution in [1.82, 2.24) is 0 Å². The standard InChI is InChI=1S/C17H20O2/c1-2-16(18)12-14-8-10-17(11-9-14)19-13-15-6-4-3-5-7-15/h3-11,16,18H,2,12-13H2,1H3. The van der Waals surface area contributed by atoms with Crippen molar-refractivity contribution in [3.05, 3.63) is 65.7 Å². The monoisotopic (exact) mass is 256 g/mol. The van der Waals surface area contributed by atoms with Crippen molar-refractivity contribution in [2.45, 2.75) is 32.5 Å². The first-order valence-electron chi connectivity index (χ1n) is 6.71. The summed E-state index contributed by atoms with van der Waals surface area (Å²) < 4.78 is 5.72. The quantitative estimate of drug-likeness (QED) is 0.856. The molecule has 1 N–H and O–H groups in total. The Hall–Kier alpha value is -1.80. The number of hydrogen-bond donors (Lipinski definition) is 1. The van der Waals surface area contributed by atoms with Crippen LogP contribution in [0, 0.1) is 0 Å². The molecule has 0 fully saturated rings. The zero-order valence-electron chi connectivity index (χ0n) is 11.3. The Morgan fingerprint density at radius 2 is 1.63 bits per heavy atom. The van der Waals surface area contributed by atoms with E-state index in [2.05, 4.69) is 0 Å². The van der Waals surface area contributed by atoms with Crippen LogP contribution in [0.15, 0.2) is 54.6 Å². The van der Waals surface area contributed by atoms with Gasteiger partial charge < -0.3 is 9.84 Å². The van der Waals surface area contributed by atoms with E-state index in [-0.39, 0.29) is 6.10 Å². The van der Waals surface area contributed by atoms with Crippen molar-refractivity contribution in [2.75, 3.05) is 0 Å². The van der Waals surface area contributed by atoms with Crippen LogP contribution in [0.1, 0.15) is 24.5 Å². The molecular weight excluding hydrogens is 236 g/mol. The molecule has 0 heterocycles. The molecule has 0 aliphatic rings. The Bertz CT molecular complexity index is 476. The van der Waals surface area contributed by atoms with Crippen molar-refractivity contribution >= 4 is 0 Å². The molecule has 2 heteroatoms. The van der Waals surface area contributed by atoms with E-state index in [1.54, 1.807) is 0 Å². The van der Waals surface area contributed by atoms with E-state index in [0.29, 0.717) is 13.0 Å². The van der Waals surface area contributed by atoms with Gasteiger partial charge in [0.2, 0.25) is 0 Å². The molecule has 2 aromatic rings. The van der Waals surface area contributed by atoms with Crippen LogP contribution < -0.4 is 4.74 Å². The van der Waals surface area contributed by atoms with Crippen LogP contribution in [0.2, 0.25) is 0 Å². The molecule has 2 rings (SSSR count). The van der Waals surface area contributed by atoms with Gasteiger partial charge in [0.25, 0.3) is 0 Å². The third-order valence-corrected chi connectivity index (χ3v) is 3.11. The molecule has 2 aromatic carbocycles. The molecule has 0 spiro atoms. The topological polar surface area (TPSA) is 29.5 Å². The molecule has 0 aliphatic carbocycles. The Kier molecular flexibility index (Phi) is 4.99. The maximum absolute atomic E-state index is 9.60. The van der Waals surface area contributed by atoms with Gasteiger partial charge in [-0.2, -0.15) is 0 Å². The zero-order chi connectivity index (χ0) is 13.5. The highest BCUT2D eigenvalue weighted by Crippen LogP contribution is 2.15. The maximum Gasteiger partial charge on any atom is 0.119 e. The fourth-order valence-corrected chi connectivity index (χ4v) is 1.88. The lowest BCUT2D eigenvalue weighted by atomic mass is 10.1. The summed E-state index contributed by atoms with van der Waals surface area (Å²) in [5, 5.41) is 9.60. The van der Waals surface area contributed by atoms with Crippen molar-refractivity contribution in [3.63, 3.8) is 0 Å². The molecule has 0 aliphatic heterocycles. The van der Waals surface area contributed by atoms with E-state index in [4.69, 9.17) is 4.74 Å². The second-order valence-corrected chi connectivity index (χ2v) is 4.68. The summed E-state index contributed by atoms with van der Waals surface area (Å²) in [6.45, 7) is 2.57. The average Bonchev–Trinajstić information content (AvgIpc) is 2.47. The number of aliphatic hydroxyl groups is 1. The van der Waals surface area contributed by atoms with Gasteiger partial charge in [-0.1, -0.05) is 49.4 Å². The van der Waals surface area contributed by atoms with Crippen LogP contribution in [0.25, 0.3) is 0 Å². The number of hydrogen-bond acceptors (Lipinski definition) is 2. The van der Waals surface area contributed by atoms with Gasteiger partial charge in [-0.15, -0.1) is 0 Å². The minimum absolute atomic E-state index is 0.254. The Morgan fingerprint density at radius 3 is 2.26 bits per heavy atom. The van der Waals surface area contributed by atoms with Crippen LogP contribution in [-0.2, 0) is 13.0 Å². The lowest BCUT2D eigenvalue weighted by molar-refractivity contribution is 0.171. The molecule has 2 nitrogen and oxygen atoms in total. The van der Waals surface area contributed by atoms with Gasteiger partial charge >= 0.3 is 0 Å². The van der Waals surface area contributed by atoms with Gasteiger partial charge in [0.05, 0.1) is 6.10 Å². The molecule has 0 bridgehead atoms. The highest BCUT2D eigenvalue weighted by Gasteiger charge is 2.03. The molecule has 1 unspecified atom stereocenters. The fraction of sp³-hybridized carbons (Fsp3) is 0.294. The molecule has 0 radical (unpaired) electrons. The first-order valence-corrected chi connectivity index (χ1v) is 6.71. The molecule has 0 saturated heterocycles. The second-order valence-electron chi connectivity index (χ2n) is 4.68. The molecule has 0 amide bonds. The summed E-state index contributed by atoms with van der Waals surface area (Å²) in [5.41, 5.74) is 2.30. The smallest absolute Gasteiger partial charge is 0.119 e. The highest BCUT2D eigenvalue weighted by molar-refractivity contribution is 5.28. The molecule has 100 valence electrons. The third-order valence-electron chi connectivity index (χ3n) is 3.11. The number of benzene rings is 2. The van der Waals surface area contributed by atoms with Crippen LogP contribution >= 0.6 is 0 Å². The fourth-order valence-electron chi connectivity index (χ4n) is 1.88. The van der Waals surface area contributed by atoms with Crippen molar-refractivity contribution < 1.29 is 9.84 Å². The first kappa shape index (κ1) is 13.6. The zero-order valence-corrected chi connectivity index (χ0v) is 11.3. The van der Waals surface area contributed by atoms with E-state index in [9.17, 15) is 5.11 Å². The Morgan fingerprint density at radius 1 is 0.947 bits per heavy atom. The Labute approximate surface area is 114 Å². The Balaban J connectivity index is 1.88. The van der Waals surface area contributed by atoms with Gasteiger partial charge in [-0.25, -0.2) is 0 Å². The molecule has 1 atom stereocenters. The van der Waals surface area contributed by atoms with Gasteiger partial charge in [-0.05, 0) is 36.1 Å². The summed E-state index contributed by atoms with van der Waals surface area (Å²) in [6.07, 6.45) is 1.23. The maximum atomic E-state index is 9.60. The van der Waals surface area contributed by atoms with Gasteiger partial charge in [0.15, 0.2) is 0 Å².